The smallest absolute Gasteiger partial charge is 0.369 e. The summed E-state index contributed by atoms with van der Waals surface area (Å²) in [4.78, 5) is 20.5. The molecule has 0 amide bonds. The number of rotatable bonds is 7. The highest BCUT2D eigenvalue weighted by molar-refractivity contribution is 7.80. The van der Waals surface area contributed by atoms with Crippen LogP contribution in [-0.2, 0) is 12.6 Å². The van der Waals surface area contributed by atoms with Crippen LogP contribution >= 0.6 is 23.8 Å². The second-order valence-electron chi connectivity index (χ2n) is 6.05. The number of nitrogens with one attached hydrogen (secondary N) is 1. The fourth-order valence-corrected chi connectivity index (χ4v) is 2.91. The van der Waals surface area contributed by atoms with E-state index in [0.717, 1.165) is 11.1 Å². The molecule has 0 fully saturated rings. The van der Waals surface area contributed by atoms with Crippen molar-refractivity contribution in [2.75, 3.05) is 11.9 Å². The predicted molar refractivity (Wildman–Crippen MR) is 106 cm³/mol. The molecule has 29 heavy (non-hydrogen) atoms. The Bertz CT molecular complexity index is 963. The summed E-state index contributed by atoms with van der Waals surface area (Å²) >= 11 is 11.2. The lowest BCUT2D eigenvalue weighted by Crippen LogP contribution is -2.17. The van der Waals surface area contributed by atoms with Crippen LogP contribution in [0.25, 0.3) is 0 Å². The zero-order valence-corrected chi connectivity index (χ0v) is 16.3. The van der Waals surface area contributed by atoms with Gasteiger partial charge in [-0.2, -0.15) is 13.2 Å². The monoisotopic (exact) mass is 447 g/mol. The van der Waals surface area contributed by atoms with Crippen molar-refractivity contribution < 1.29 is 23.0 Å². The van der Waals surface area contributed by atoms with Gasteiger partial charge in [0.25, 0.3) is 11.4 Å². The van der Waals surface area contributed by atoms with Gasteiger partial charge in [0.1, 0.15) is 0 Å². The molecule has 12 heteroatoms. The van der Waals surface area contributed by atoms with Crippen LogP contribution in [0.4, 0.5) is 30.2 Å². The van der Waals surface area contributed by atoms with Gasteiger partial charge in [0.2, 0.25) is 0 Å². The van der Waals surface area contributed by atoms with Gasteiger partial charge < -0.3 is 5.32 Å². The fraction of sp³-hybridized carbons (Fsp3) is 0.235. The summed E-state index contributed by atoms with van der Waals surface area (Å²) in [5, 5.41) is 25.4. The Morgan fingerprint density at radius 2 is 1.69 bits per heavy atom. The van der Waals surface area contributed by atoms with Crippen molar-refractivity contribution in [3.05, 3.63) is 72.3 Å². The zero-order valence-electron chi connectivity index (χ0n) is 14.7. The maximum absolute atomic E-state index is 12.9. The first kappa shape index (κ1) is 22.5. The lowest BCUT2D eigenvalue weighted by atomic mass is 10.1. The van der Waals surface area contributed by atoms with Crippen molar-refractivity contribution in [1.82, 2.24) is 0 Å². The van der Waals surface area contributed by atoms with Crippen LogP contribution in [-0.4, -0.2) is 21.3 Å². The maximum atomic E-state index is 12.9. The molecule has 0 atom stereocenters. The minimum atomic E-state index is -4.98. The average Bonchev–Trinajstić information content (AvgIpc) is 2.61. The number of nitro groups is 2. The molecular weight excluding hydrogens is 435 g/mol. The van der Waals surface area contributed by atoms with Crippen molar-refractivity contribution in [3.63, 3.8) is 0 Å². The van der Waals surface area contributed by atoms with E-state index in [1.165, 1.54) is 0 Å². The van der Waals surface area contributed by atoms with Crippen LogP contribution in [0, 0.1) is 27.2 Å². The molecule has 0 heterocycles. The highest BCUT2D eigenvalue weighted by Gasteiger charge is 2.37. The topological polar surface area (TPSA) is 98.3 Å². The molecule has 0 aromatic heterocycles. The predicted octanol–water partition coefficient (Wildman–Crippen LogP) is 5.51. The second kappa shape index (κ2) is 8.70. The fourth-order valence-electron chi connectivity index (χ4n) is 2.47. The number of nitro benzene ring substituents is 2. The molecule has 7 nitrogen and oxygen atoms in total. The number of thiocarbonyl (C=S) groups is 1. The largest absolute Gasteiger partial charge is 0.416 e. The third-order valence-electron chi connectivity index (χ3n) is 3.92. The van der Waals surface area contributed by atoms with Crippen LogP contribution in [0.3, 0.4) is 0 Å². The van der Waals surface area contributed by atoms with Crippen LogP contribution in [0.15, 0.2) is 30.3 Å². The molecule has 0 unspecified atom stereocenters. The van der Waals surface area contributed by atoms with Gasteiger partial charge in [0.15, 0.2) is 5.69 Å². The summed E-state index contributed by atoms with van der Waals surface area (Å²) < 4.78 is 38.8. The average molecular weight is 448 g/mol. The molecule has 2 aromatic rings. The van der Waals surface area contributed by atoms with Gasteiger partial charge in [0.05, 0.1) is 15.4 Å². The minimum Gasteiger partial charge on any atom is -0.369 e. The van der Waals surface area contributed by atoms with E-state index in [1.807, 2.05) is 6.92 Å². The Morgan fingerprint density at radius 3 is 2.14 bits per heavy atom. The van der Waals surface area contributed by atoms with Crippen molar-refractivity contribution >= 4 is 45.7 Å². The van der Waals surface area contributed by atoms with Gasteiger partial charge >= 0.3 is 6.18 Å². The van der Waals surface area contributed by atoms with Gasteiger partial charge in [-0.05, 0) is 24.1 Å². The highest BCUT2D eigenvalue weighted by Crippen LogP contribution is 2.41. The van der Waals surface area contributed by atoms with E-state index in [0.29, 0.717) is 9.89 Å². The quantitative estimate of drug-likeness (QED) is 0.341. The Kier molecular flexibility index (Phi) is 6.75. The first-order valence-corrected chi connectivity index (χ1v) is 8.73. The number of hydrogen-bond donors (Lipinski definition) is 1. The van der Waals surface area contributed by atoms with E-state index in [9.17, 15) is 33.4 Å². The standard InChI is InChI=1S/C17H13ClF3N3O4S/c1-9-2-3-10(5-13(9)18)4-12(29)8-22-16-14(23(25)26)6-11(17(19,20)21)7-15(16)24(27)28/h2-3,5-7,22H,4,8H2,1H3. The first-order chi connectivity index (χ1) is 13.4. The number of aryl methyl sites for hydroxylation is 1. The van der Waals surface area contributed by atoms with Crippen LogP contribution in [0.1, 0.15) is 16.7 Å². The zero-order chi connectivity index (χ0) is 21.9. The molecule has 0 aliphatic carbocycles. The normalized spacial score (nSPS) is 11.2. The maximum Gasteiger partial charge on any atom is 0.416 e. The van der Waals surface area contributed by atoms with Crippen molar-refractivity contribution in [2.24, 2.45) is 0 Å². The van der Waals surface area contributed by atoms with E-state index in [1.54, 1.807) is 18.2 Å². The number of alkyl halides is 3. The molecule has 0 aliphatic heterocycles. The van der Waals surface area contributed by atoms with Gasteiger partial charge in [-0.1, -0.05) is 36.0 Å². The Balaban J connectivity index is 2.30. The number of hydrogen-bond acceptors (Lipinski definition) is 6. The van der Waals surface area contributed by atoms with Crippen molar-refractivity contribution in [1.29, 1.82) is 0 Å². The molecule has 0 spiro atoms. The van der Waals surface area contributed by atoms with Crippen LogP contribution < -0.4 is 5.32 Å². The van der Waals surface area contributed by atoms with Crippen LogP contribution in [0.5, 0.6) is 0 Å². The Labute approximate surface area is 172 Å². The summed E-state index contributed by atoms with van der Waals surface area (Å²) in [5.41, 5.74) is -2.64. The molecular formula is C17H13ClF3N3O4S. The van der Waals surface area contributed by atoms with E-state index in [4.69, 9.17) is 23.8 Å². The Morgan fingerprint density at radius 1 is 1.14 bits per heavy atom. The molecule has 154 valence electrons. The molecule has 0 saturated heterocycles. The van der Waals surface area contributed by atoms with E-state index in [2.05, 4.69) is 5.32 Å². The van der Waals surface area contributed by atoms with Crippen molar-refractivity contribution in [3.8, 4) is 0 Å². The van der Waals surface area contributed by atoms with Gasteiger partial charge in [0, 0.05) is 35.0 Å². The number of halogens is 4. The summed E-state index contributed by atoms with van der Waals surface area (Å²) in [5.74, 6) is 0. The van der Waals surface area contributed by atoms with Gasteiger partial charge in [-0.3, -0.25) is 20.2 Å². The summed E-state index contributed by atoms with van der Waals surface area (Å²) in [6, 6.07) is 5.73. The Hall–Kier alpha value is -2.79. The summed E-state index contributed by atoms with van der Waals surface area (Å²) in [6.45, 7) is 1.61. The summed E-state index contributed by atoms with van der Waals surface area (Å²) in [7, 11) is 0. The lowest BCUT2D eigenvalue weighted by molar-refractivity contribution is -0.392. The van der Waals surface area contributed by atoms with Crippen LogP contribution in [0.2, 0.25) is 5.02 Å². The number of benzene rings is 2. The van der Waals surface area contributed by atoms with E-state index in [-0.39, 0.29) is 25.1 Å². The molecule has 1 N–H and O–H groups in total. The van der Waals surface area contributed by atoms with Gasteiger partial charge in [-0.15, -0.1) is 0 Å². The lowest BCUT2D eigenvalue weighted by Gasteiger charge is -2.12. The molecule has 2 rings (SSSR count). The number of nitrogens with zero attached hydrogens (tertiary/aromatic N) is 2. The molecule has 0 radical (unpaired) electrons. The minimum absolute atomic E-state index is 0.201. The van der Waals surface area contributed by atoms with E-state index < -0.39 is 38.6 Å². The SMILES string of the molecule is Cc1ccc(CC(=S)CNc2c([N+](=O)[O-])cc(C(F)(F)F)cc2[N+](=O)[O-])cc1Cl. The second-order valence-corrected chi connectivity index (χ2v) is 7.04. The van der Waals surface area contributed by atoms with E-state index >= 15 is 0 Å². The third-order valence-corrected chi connectivity index (χ3v) is 4.61. The highest BCUT2D eigenvalue weighted by atomic mass is 35.5. The molecule has 0 aliphatic rings. The van der Waals surface area contributed by atoms with Gasteiger partial charge in [-0.25, -0.2) is 0 Å². The summed E-state index contributed by atoms with van der Waals surface area (Å²) in [6.07, 6.45) is -4.74. The molecule has 0 bridgehead atoms. The molecule has 0 saturated carbocycles. The molecule has 2 aromatic carbocycles. The third kappa shape index (κ3) is 5.61. The number of anilines is 1. The first-order valence-electron chi connectivity index (χ1n) is 7.94. The van der Waals surface area contributed by atoms with Crippen molar-refractivity contribution in [2.45, 2.75) is 19.5 Å².